The van der Waals surface area contributed by atoms with Gasteiger partial charge in [-0.25, -0.2) is 0 Å². The predicted molar refractivity (Wildman–Crippen MR) is 4.70 cm³/mol. The molecule has 6 heavy (non-hydrogen) atoms. The van der Waals surface area contributed by atoms with E-state index < -0.39 is 15.4 Å². The molecule has 0 aromatic carbocycles. The van der Waals surface area contributed by atoms with E-state index in [2.05, 4.69) is 0 Å². The molecule has 0 fully saturated rings. The molecule has 3 nitrogen and oxygen atoms in total. The van der Waals surface area contributed by atoms with Gasteiger partial charge in [-0.2, -0.15) is 0 Å². The Hall–Kier alpha value is 1.43. The van der Waals surface area contributed by atoms with Crippen molar-refractivity contribution in [1.29, 1.82) is 0 Å². The van der Waals surface area contributed by atoms with Gasteiger partial charge in [0.05, 0.1) is 0 Å². The average molecular weight is 204 g/mol. The molecule has 0 atom stereocenters. The molecule has 0 aliphatic rings. The molecule has 0 saturated carbocycles. The van der Waals surface area contributed by atoms with Crippen molar-refractivity contribution in [3.8, 4) is 0 Å². The second kappa shape index (κ2) is 9.66. The Bertz CT molecular complexity index is 63.3. The van der Waals surface area contributed by atoms with E-state index in [0.717, 1.165) is 0 Å². The summed E-state index contributed by atoms with van der Waals surface area (Å²) in [6.45, 7) is 0. The maximum atomic E-state index is 8.67. The Balaban J connectivity index is -0.0000000150. The van der Waals surface area contributed by atoms with Crippen molar-refractivity contribution >= 4 is 0 Å². The molecule has 0 radical (unpaired) electrons. The molecule has 6 heteroatoms. The molecule has 0 aromatic heterocycles. The summed E-state index contributed by atoms with van der Waals surface area (Å²) in [6.07, 6.45) is 0. The van der Waals surface area contributed by atoms with Gasteiger partial charge in [-0.15, -0.1) is 0 Å². The van der Waals surface area contributed by atoms with Crippen molar-refractivity contribution in [3.63, 3.8) is 0 Å². The minimum atomic E-state index is -3.69. The van der Waals surface area contributed by atoms with Crippen molar-refractivity contribution in [2.24, 2.45) is 0 Å². The molecule has 0 aliphatic carbocycles. The quantitative estimate of drug-likeness (QED) is 0.413. The third-order valence-corrected chi connectivity index (χ3v) is 0. The standard InChI is InChI=1S/Li.Mo.H2O.2O.V.H/h;;1H2;;;;/q+1;;;;;+1;-1/p-1. The second-order valence-corrected chi connectivity index (χ2v) is 0.981. The fraction of sp³-hybridized carbons (Fsp3) is 0. The zero-order chi connectivity index (χ0) is 3.58. The van der Waals surface area contributed by atoms with Crippen LogP contribution in [0.15, 0.2) is 0 Å². The van der Waals surface area contributed by atoms with E-state index in [0.29, 0.717) is 0 Å². The zero-order valence-electron chi connectivity index (χ0n) is 4.12. The van der Waals surface area contributed by atoms with Crippen LogP contribution in [0.1, 0.15) is 1.43 Å². The molecule has 0 unspecified atom stereocenters. The van der Waals surface area contributed by atoms with Crippen molar-refractivity contribution in [2.75, 3.05) is 0 Å². The number of hydrogen-bond donors (Lipinski definition) is 1. The molecule has 0 saturated heterocycles. The molecule has 0 rings (SSSR count). The molecular weight excluding hydrogens is 202 g/mol. The monoisotopic (exact) mass is 206 g/mol. The zero-order valence-corrected chi connectivity index (χ0v) is 6.52. The Morgan fingerprint density at radius 3 is 1.50 bits per heavy atom. The molecular formula is H2LiMoO3V. The number of hydrogen-bond acceptors (Lipinski definition) is 2. The average Bonchev–Trinajstić information content (AvgIpc) is 0.811. The van der Waals surface area contributed by atoms with E-state index in [4.69, 9.17) is 11.4 Å². The van der Waals surface area contributed by atoms with Crippen LogP contribution in [0.5, 0.6) is 0 Å². The summed E-state index contributed by atoms with van der Waals surface area (Å²) >= 11 is -3.69. The van der Waals surface area contributed by atoms with Crippen LogP contribution in [0, 0.1) is 0 Å². The molecule has 1 N–H and O–H groups in total. The van der Waals surface area contributed by atoms with Crippen molar-refractivity contribution < 1.29 is 68.1 Å². The van der Waals surface area contributed by atoms with Crippen LogP contribution in [0.2, 0.25) is 0 Å². The van der Waals surface area contributed by atoms with Crippen LogP contribution >= 0.6 is 0 Å². The first kappa shape index (κ1) is 15.7. The van der Waals surface area contributed by atoms with Crippen LogP contribution in [-0.2, 0) is 43.8 Å². The van der Waals surface area contributed by atoms with Gasteiger partial charge >= 0.3 is 45.6 Å². The van der Waals surface area contributed by atoms with E-state index in [1.165, 1.54) is 0 Å². The Morgan fingerprint density at radius 1 is 1.50 bits per heavy atom. The van der Waals surface area contributed by atoms with Gasteiger partial charge in [-0.3, -0.25) is 0 Å². The first-order valence-corrected chi connectivity index (χ1v) is 2.33. The van der Waals surface area contributed by atoms with Crippen LogP contribution in [0.3, 0.4) is 0 Å². The fourth-order valence-electron chi connectivity index (χ4n) is 0. The first-order valence-electron chi connectivity index (χ1n) is 0.565. The third kappa shape index (κ3) is 52.1. The fourth-order valence-corrected chi connectivity index (χ4v) is 0. The van der Waals surface area contributed by atoms with E-state index in [9.17, 15) is 0 Å². The molecule has 0 amide bonds. The molecule has 0 bridgehead atoms. The van der Waals surface area contributed by atoms with Crippen LogP contribution in [0.25, 0.3) is 0 Å². The summed E-state index contributed by atoms with van der Waals surface area (Å²) in [5.41, 5.74) is 0. The summed E-state index contributed by atoms with van der Waals surface area (Å²) in [7, 11) is 0. The number of rotatable bonds is 0. The van der Waals surface area contributed by atoms with E-state index in [1.54, 1.807) is 0 Å². The summed E-state index contributed by atoms with van der Waals surface area (Å²) in [5, 5.41) is 0. The first-order chi connectivity index (χ1) is 1.73. The van der Waals surface area contributed by atoms with Gasteiger partial charge in [0.15, 0.2) is 0 Å². The topological polar surface area (TPSA) is 54.4 Å². The van der Waals surface area contributed by atoms with Gasteiger partial charge in [0.25, 0.3) is 0 Å². The SMILES string of the molecule is [H-].[Li+].[Mo].[O]=[V](=[O])[OH]. The second-order valence-electron chi connectivity index (χ2n) is 0.238. The van der Waals surface area contributed by atoms with Gasteiger partial charge in [0, 0.05) is 21.1 Å². The summed E-state index contributed by atoms with van der Waals surface area (Å²) in [4.78, 5) is 0. The molecule has 0 spiro atoms. The van der Waals surface area contributed by atoms with Crippen LogP contribution in [-0.4, -0.2) is 4.03 Å². The molecule has 0 aromatic rings. The molecule has 0 heterocycles. The Kier molecular flexibility index (Phi) is 25.2. The maximum absolute atomic E-state index is 8.67. The Morgan fingerprint density at radius 2 is 1.50 bits per heavy atom. The van der Waals surface area contributed by atoms with Crippen molar-refractivity contribution in [3.05, 3.63) is 0 Å². The van der Waals surface area contributed by atoms with Crippen molar-refractivity contribution in [2.45, 2.75) is 0 Å². The minimum absolute atomic E-state index is 0. The van der Waals surface area contributed by atoms with Gasteiger partial charge < -0.3 is 1.43 Å². The Labute approximate surface area is 67.8 Å². The van der Waals surface area contributed by atoms with Gasteiger partial charge in [0.1, 0.15) is 0 Å². The summed E-state index contributed by atoms with van der Waals surface area (Å²) < 4.78 is 24.4. The molecule has 32 valence electrons. The summed E-state index contributed by atoms with van der Waals surface area (Å²) in [5.74, 6) is 0. The van der Waals surface area contributed by atoms with Crippen molar-refractivity contribution in [1.82, 2.24) is 0 Å². The van der Waals surface area contributed by atoms with Gasteiger partial charge in [0.2, 0.25) is 0 Å². The van der Waals surface area contributed by atoms with Gasteiger partial charge in [-0.1, -0.05) is 0 Å². The summed E-state index contributed by atoms with van der Waals surface area (Å²) in [6, 6.07) is 0. The normalized spacial score (nSPS) is 4.17. The van der Waals surface area contributed by atoms with E-state index >= 15 is 0 Å². The van der Waals surface area contributed by atoms with Crippen LogP contribution < -0.4 is 18.9 Å². The van der Waals surface area contributed by atoms with E-state index in [1.807, 2.05) is 0 Å². The molecule has 0 aliphatic heterocycles. The predicted octanol–water partition coefficient (Wildman–Crippen LogP) is -3.68. The van der Waals surface area contributed by atoms with Crippen LogP contribution in [0.4, 0.5) is 0 Å². The third-order valence-electron chi connectivity index (χ3n) is 0. The van der Waals surface area contributed by atoms with Gasteiger partial charge in [-0.05, 0) is 0 Å². The van der Waals surface area contributed by atoms with E-state index in [-0.39, 0.29) is 41.4 Å².